The Hall–Kier alpha value is -2.14. The standard InChI is InChI=1S/C20H25N5/c1-13(2)16-11-23-19-15(16)8-14(10-22-19)17-9-18-20(5-6-21-12-20)4-3-7-25(18)24-17/h8-11,13,21H,3-7,12H2,1-2H3,(H,22,23). The predicted molar refractivity (Wildman–Crippen MR) is 99.8 cm³/mol. The molecule has 5 heteroatoms. The van der Waals surface area contributed by atoms with E-state index in [-0.39, 0.29) is 5.41 Å². The Balaban J connectivity index is 1.61. The average molecular weight is 335 g/mol. The molecule has 0 saturated carbocycles. The summed E-state index contributed by atoms with van der Waals surface area (Å²) in [7, 11) is 0. The number of aromatic nitrogens is 4. The third-order valence-corrected chi connectivity index (χ3v) is 6.07. The Morgan fingerprint density at radius 3 is 2.96 bits per heavy atom. The minimum absolute atomic E-state index is 0.290. The molecule has 1 unspecified atom stereocenters. The second kappa shape index (κ2) is 5.43. The van der Waals surface area contributed by atoms with Crippen LogP contribution < -0.4 is 5.32 Å². The van der Waals surface area contributed by atoms with Crippen molar-refractivity contribution in [1.82, 2.24) is 25.1 Å². The monoisotopic (exact) mass is 335 g/mol. The fraction of sp³-hybridized carbons (Fsp3) is 0.500. The van der Waals surface area contributed by atoms with Gasteiger partial charge in [-0.25, -0.2) is 4.98 Å². The highest BCUT2D eigenvalue weighted by molar-refractivity contribution is 5.84. The van der Waals surface area contributed by atoms with Crippen LogP contribution in [0.5, 0.6) is 0 Å². The Kier molecular flexibility index (Phi) is 3.29. The molecule has 2 aliphatic heterocycles. The normalized spacial score (nSPS) is 23.0. The van der Waals surface area contributed by atoms with Crippen LogP contribution in [0.1, 0.15) is 50.3 Å². The lowest BCUT2D eigenvalue weighted by molar-refractivity contribution is 0.319. The van der Waals surface area contributed by atoms with Gasteiger partial charge in [0, 0.05) is 47.5 Å². The van der Waals surface area contributed by atoms with Gasteiger partial charge in [0.1, 0.15) is 5.65 Å². The number of aromatic amines is 1. The molecule has 3 aromatic heterocycles. The number of nitrogens with one attached hydrogen (secondary N) is 2. The fourth-order valence-corrected chi connectivity index (χ4v) is 4.67. The largest absolute Gasteiger partial charge is 0.346 e. The van der Waals surface area contributed by atoms with E-state index in [1.807, 2.05) is 6.20 Å². The molecule has 0 radical (unpaired) electrons. The van der Waals surface area contributed by atoms with Crippen molar-refractivity contribution < 1.29 is 0 Å². The van der Waals surface area contributed by atoms with Crippen molar-refractivity contribution in [2.45, 2.75) is 51.0 Å². The van der Waals surface area contributed by atoms with E-state index in [0.717, 1.165) is 36.5 Å². The molecule has 2 N–H and O–H groups in total. The van der Waals surface area contributed by atoms with E-state index >= 15 is 0 Å². The highest BCUT2D eigenvalue weighted by atomic mass is 15.3. The van der Waals surface area contributed by atoms with Gasteiger partial charge < -0.3 is 10.3 Å². The second-order valence-corrected chi connectivity index (χ2v) is 7.97. The van der Waals surface area contributed by atoms with Crippen LogP contribution in [0.3, 0.4) is 0 Å². The van der Waals surface area contributed by atoms with E-state index < -0.39 is 0 Å². The number of aryl methyl sites for hydroxylation is 1. The molecule has 1 saturated heterocycles. The van der Waals surface area contributed by atoms with Crippen LogP contribution in [0.4, 0.5) is 0 Å². The van der Waals surface area contributed by atoms with Crippen molar-refractivity contribution in [2.75, 3.05) is 13.1 Å². The van der Waals surface area contributed by atoms with Gasteiger partial charge in [-0.05, 0) is 49.4 Å². The molecule has 2 aliphatic rings. The van der Waals surface area contributed by atoms with Crippen molar-refractivity contribution in [2.24, 2.45) is 0 Å². The molecular weight excluding hydrogens is 310 g/mol. The van der Waals surface area contributed by atoms with Crippen molar-refractivity contribution in [3.8, 4) is 11.3 Å². The first-order chi connectivity index (χ1) is 12.2. The number of nitrogens with zero attached hydrogens (tertiary/aromatic N) is 3. The maximum atomic E-state index is 4.94. The van der Waals surface area contributed by atoms with E-state index in [4.69, 9.17) is 5.10 Å². The zero-order valence-electron chi connectivity index (χ0n) is 15.0. The molecule has 25 heavy (non-hydrogen) atoms. The summed E-state index contributed by atoms with van der Waals surface area (Å²) >= 11 is 0. The van der Waals surface area contributed by atoms with Crippen molar-refractivity contribution in [3.63, 3.8) is 0 Å². The zero-order valence-corrected chi connectivity index (χ0v) is 15.0. The summed E-state index contributed by atoms with van der Waals surface area (Å²) in [6.07, 6.45) is 7.77. The lowest BCUT2D eigenvalue weighted by Crippen LogP contribution is -2.35. The molecule has 5 nitrogen and oxygen atoms in total. The minimum Gasteiger partial charge on any atom is -0.346 e. The van der Waals surface area contributed by atoms with E-state index in [0.29, 0.717) is 5.92 Å². The molecule has 3 aromatic rings. The molecule has 0 aliphatic carbocycles. The highest BCUT2D eigenvalue weighted by Crippen LogP contribution is 2.40. The maximum absolute atomic E-state index is 4.94. The molecule has 0 amide bonds. The minimum atomic E-state index is 0.290. The number of pyridine rings is 1. The van der Waals surface area contributed by atoms with Crippen molar-refractivity contribution in [1.29, 1.82) is 0 Å². The van der Waals surface area contributed by atoms with Crippen LogP contribution in [-0.2, 0) is 12.0 Å². The lowest BCUT2D eigenvalue weighted by atomic mass is 9.77. The van der Waals surface area contributed by atoms with Crippen LogP contribution in [0.15, 0.2) is 24.5 Å². The molecule has 1 fully saturated rings. The zero-order chi connectivity index (χ0) is 17.0. The van der Waals surface area contributed by atoms with E-state index in [9.17, 15) is 0 Å². The number of rotatable bonds is 2. The first-order valence-corrected chi connectivity index (χ1v) is 9.43. The van der Waals surface area contributed by atoms with Gasteiger partial charge in [0.2, 0.25) is 0 Å². The van der Waals surface area contributed by atoms with Gasteiger partial charge in [-0.1, -0.05) is 13.8 Å². The molecule has 5 rings (SSSR count). The van der Waals surface area contributed by atoms with Crippen molar-refractivity contribution >= 4 is 11.0 Å². The molecule has 1 atom stereocenters. The molecular formula is C20H25N5. The number of hydrogen-bond donors (Lipinski definition) is 2. The Morgan fingerprint density at radius 2 is 2.16 bits per heavy atom. The first-order valence-electron chi connectivity index (χ1n) is 9.43. The summed E-state index contributed by atoms with van der Waals surface area (Å²) in [6.45, 7) is 7.69. The third kappa shape index (κ3) is 2.25. The smallest absolute Gasteiger partial charge is 0.137 e. The van der Waals surface area contributed by atoms with Crippen LogP contribution in [-0.4, -0.2) is 32.8 Å². The number of hydrogen-bond acceptors (Lipinski definition) is 3. The summed E-state index contributed by atoms with van der Waals surface area (Å²) in [5.41, 5.74) is 6.18. The third-order valence-electron chi connectivity index (χ3n) is 6.07. The van der Waals surface area contributed by atoms with Crippen LogP contribution >= 0.6 is 0 Å². The second-order valence-electron chi connectivity index (χ2n) is 7.97. The van der Waals surface area contributed by atoms with E-state index in [2.05, 4.69) is 52.1 Å². The van der Waals surface area contributed by atoms with Crippen LogP contribution in [0.2, 0.25) is 0 Å². The molecule has 130 valence electrons. The average Bonchev–Trinajstić information content (AvgIpc) is 3.32. The summed E-state index contributed by atoms with van der Waals surface area (Å²) in [4.78, 5) is 7.93. The predicted octanol–water partition coefficient (Wildman–Crippen LogP) is 3.57. The summed E-state index contributed by atoms with van der Waals surface area (Å²) < 4.78 is 2.25. The molecule has 5 heterocycles. The van der Waals surface area contributed by atoms with Gasteiger partial charge in [-0.2, -0.15) is 5.10 Å². The van der Waals surface area contributed by atoms with Gasteiger partial charge in [-0.3, -0.25) is 4.68 Å². The van der Waals surface area contributed by atoms with Gasteiger partial charge in [0.25, 0.3) is 0 Å². The van der Waals surface area contributed by atoms with E-state index in [1.54, 1.807) is 0 Å². The fourth-order valence-electron chi connectivity index (χ4n) is 4.67. The van der Waals surface area contributed by atoms with Gasteiger partial charge in [-0.15, -0.1) is 0 Å². The summed E-state index contributed by atoms with van der Waals surface area (Å²) in [5.74, 6) is 0.480. The quantitative estimate of drug-likeness (QED) is 0.752. The van der Waals surface area contributed by atoms with Gasteiger partial charge >= 0.3 is 0 Å². The summed E-state index contributed by atoms with van der Waals surface area (Å²) in [5, 5.41) is 9.72. The Bertz CT molecular complexity index is 927. The van der Waals surface area contributed by atoms with Crippen LogP contribution in [0.25, 0.3) is 22.3 Å². The topological polar surface area (TPSA) is 58.5 Å². The van der Waals surface area contributed by atoms with E-state index in [1.165, 1.54) is 35.9 Å². The Morgan fingerprint density at radius 1 is 1.24 bits per heavy atom. The van der Waals surface area contributed by atoms with Crippen LogP contribution in [0, 0.1) is 0 Å². The lowest BCUT2D eigenvalue weighted by Gasteiger charge is -2.33. The molecule has 1 spiro atoms. The number of fused-ring (bicyclic) bond motifs is 3. The van der Waals surface area contributed by atoms with Gasteiger partial charge in [0.15, 0.2) is 0 Å². The van der Waals surface area contributed by atoms with Crippen molar-refractivity contribution in [3.05, 3.63) is 35.8 Å². The molecule has 0 aromatic carbocycles. The SMILES string of the molecule is CC(C)c1c[nH]c2ncc(-c3cc4n(n3)CCCC43CCNC3)cc12. The first kappa shape index (κ1) is 15.1. The van der Waals surface area contributed by atoms with Gasteiger partial charge in [0.05, 0.1) is 5.69 Å². The highest BCUT2D eigenvalue weighted by Gasteiger charge is 2.40. The maximum Gasteiger partial charge on any atom is 0.137 e. The summed E-state index contributed by atoms with van der Waals surface area (Å²) in [6, 6.07) is 4.57. The number of H-pyrrole nitrogens is 1. The molecule has 0 bridgehead atoms. The Labute approximate surface area is 147 Å².